The van der Waals surface area contributed by atoms with Crippen molar-refractivity contribution in [3.05, 3.63) is 35.4 Å². The standard InChI is InChI=1S/C15H16N2O3/c1-10(12-6-4-3-5-11(12)9-16)17-13(15(19)20-2)7-8-14(17)18/h3-6,10,13H,7-8H2,1-2H3. The lowest BCUT2D eigenvalue weighted by Gasteiger charge is -2.30. The average molecular weight is 272 g/mol. The molecule has 104 valence electrons. The average Bonchev–Trinajstić information content (AvgIpc) is 2.87. The molecule has 0 N–H and O–H groups in total. The van der Waals surface area contributed by atoms with E-state index < -0.39 is 12.0 Å². The largest absolute Gasteiger partial charge is 0.467 e. The van der Waals surface area contributed by atoms with Gasteiger partial charge in [-0.1, -0.05) is 18.2 Å². The second kappa shape index (κ2) is 5.74. The predicted octanol–water partition coefficient (Wildman–Crippen LogP) is 1.78. The van der Waals surface area contributed by atoms with Crippen LogP contribution in [-0.4, -0.2) is 29.9 Å². The summed E-state index contributed by atoms with van der Waals surface area (Å²) in [5, 5.41) is 9.15. The van der Waals surface area contributed by atoms with Crippen LogP contribution in [0, 0.1) is 11.3 Å². The maximum Gasteiger partial charge on any atom is 0.328 e. The lowest BCUT2D eigenvalue weighted by atomic mass is 10.0. The summed E-state index contributed by atoms with van der Waals surface area (Å²) >= 11 is 0. The van der Waals surface area contributed by atoms with E-state index in [1.165, 1.54) is 12.0 Å². The van der Waals surface area contributed by atoms with E-state index in [4.69, 9.17) is 10.00 Å². The van der Waals surface area contributed by atoms with Gasteiger partial charge in [-0.25, -0.2) is 4.79 Å². The highest BCUT2D eigenvalue weighted by atomic mass is 16.5. The van der Waals surface area contributed by atoms with E-state index in [-0.39, 0.29) is 11.9 Å². The fraction of sp³-hybridized carbons (Fsp3) is 0.400. The van der Waals surface area contributed by atoms with Gasteiger partial charge in [-0.05, 0) is 25.0 Å². The summed E-state index contributed by atoms with van der Waals surface area (Å²) in [7, 11) is 1.32. The van der Waals surface area contributed by atoms with E-state index in [0.29, 0.717) is 18.4 Å². The molecule has 5 heteroatoms. The van der Waals surface area contributed by atoms with Crippen molar-refractivity contribution in [3.8, 4) is 6.07 Å². The molecule has 0 aromatic heterocycles. The van der Waals surface area contributed by atoms with E-state index in [2.05, 4.69) is 6.07 Å². The molecule has 1 saturated heterocycles. The van der Waals surface area contributed by atoms with Gasteiger partial charge in [0.2, 0.25) is 5.91 Å². The normalized spacial score (nSPS) is 19.6. The van der Waals surface area contributed by atoms with Crippen molar-refractivity contribution in [2.75, 3.05) is 7.11 Å². The lowest BCUT2D eigenvalue weighted by molar-refractivity contribution is -0.150. The minimum absolute atomic E-state index is 0.0827. The van der Waals surface area contributed by atoms with E-state index in [0.717, 1.165) is 5.56 Å². The number of benzene rings is 1. The molecule has 5 nitrogen and oxygen atoms in total. The number of carbonyl (C=O) groups is 2. The third-order valence-electron chi connectivity index (χ3n) is 3.68. The first kappa shape index (κ1) is 14.1. The topological polar surface area (TPSA) is 70.4 Å². The van der Waals surface area contributed by atoms with Gasteiger partial charge in [-0.3, -0.25) is 4.79 Å². The number of nitriles is 1. The number of hydrogen-bond donors (Lipinski definition) is 0. The first-order valence-corrected chi connectivity index (χ1v) is 6.48. The van der Waals surface area contributed by atoms with Crippen LogP contribution in [0.1, 0.15) is 36.9 Å². The predicted molar refractivity (Wildman–Crippen MR) is 71.5 cm³/mol. The minimum Gasteiger partial charge on any atom is -0.467 e. The van der Waals surface area contributed by atoms with Crippen molar-refractivity contribution in [2.45, 2.75) is 31.8 Å². The van der Waals surface area contributed by atoms with Crippen molar-refractivity contribution in [2.24, 2.45) is 0 Å². The number of amides is 1. The van der Waals surface area contributed by atoms with Crippen LogP contribution in [0.3, 0.4) is 0 Å². The fourth-order valence-corrected chi connectivity index (χ4v) is 2.67. The molecule has 1 aromatic carbocycles. The van der Waals surface area contributed by atoms with Gasteiger partial charge < -0.3 is 9.64 Å². The molecule has 1 amide bonds. The molecule has 0 bridgehead atoms. The summed E-state index contributed by atoms with van der Waals surface area (Å²) in [6, 6.07) is 8.34. The van der Waals surface area contributed by atoms with Crippen LogP contribution in [-0.2, 0) is 14.3 Å². The van der Waals surface area contributed by atoms with Crippen molar-refractivity contribution >= 4 is 11.9 Å². The third kappa shape index (κ3) is 2.37. The van der Waals surface area contributed by atoms with E-state index in [1.807, 2.05) is 19.1 Å². The van der Waals surface area contributed by atoms with E-state index in [9.17, 15) is 9.59 Å². The number of carbonyl (C=O) groups excluding carboxylic acids is 2. The molecule has 0 aliphatic carbocycles. The third-order valence-corrected chi connectivity index (χ3v) is 3.68. The van der Waals surface area contributed by atoms with Crippen LogP contribution in [0.4, 0.5) is 0 Å². The van der Waals surface area contributed by atoms with Crippen LogP contribution in [0.25, 0.3) is 0 Å². The van der Waals surface area contributed by atoms with Crippen LogP contribution in [0.5, 0.6) is 0 Å². The fourth-order valence-electron chi connectivity index (χ4n) is 2.67. The molecule has 0 saturated carbocycles. The van der Waals surface area contributed by atoms with Gasteiger partial charge in [0, 0.05) is 6.42 Å². The minimum atomic E-state index is -0.561. The maximum absolute atomic E-state index is 12.1. The summed E-state index contributed by atoms with van der Waals surface area (Å²) in [5.74, 6) is -0.488. The number of esters is 1. The van der Waals surface area contributed by atoms with Crippen molar-refractivity contribution in [1.29, 1.82) is 5.26 Å². The zero-order valence-electron chi connectivity index (χ0n) is 11.5. The van der Waals surface area contributed by atoms with Gasteiger partial charge in [0.05, 0.1) is 24.8 Å². The zero-order chi connectivity index (χ0) is 14.7. The second-order valence-electron chi connectivity index (χ2n) is 4.75. The summed E-state index contributed by atoms with van der Waals surface area (Å²) in [6.07, 6.45) is 0.795. The molecule has 2 atom stereocenters. The van der Waals surface area contributed by atoms with Gasteiger partial charge in [-0.2, -0.15) is 5.26 Å². The molecular weight excluding hydrogens is 256 g/mol. The highest BCUT2D eigenvalue weighted by Gasteiger charge is 2.40. The monoisotopic (exact) mass is 272 g/mol. The number of methoxy groups -OCH3 is 1. The Morgan fingerprint density at radius 1 is 1.50 bits per heavy atom. The Bertz CT molecular complexity index is 577. The highest BCUT2D eigenvalue weighted by molar-refractivity contribution is 5.88. The first-order valence-electron chi connectivity index (χ1n) is 6.48. The summed E-state index contributed by atoms with van der Waals surface area (Å²) < 4.78 is 4.76. The molecule has 0 radical (unpaired) electrons. The van der Waals surface area contributed by atoms with Crippen LogP contribution < -0.4 is 0 Å². The zero-order valence-corrected chi connectivity index (χ0v) is 11.5. The Balaban J connectivity index is 2.35. The maximum atomic E-state index is 12.1. The SMILES string of the molecule is COC(=O)C1CCC(=O)N1C(C)c1ccccc1C#N. The number of ether oxygens (including phenoxy) is 1. The number of likely N-dealkylation sites (tertiary alicyclic amines) is 1. The van der Waals surface area contributed by atoms with Gasteiger partial charge in [0.15, 0.2) is 0 Å². The summed E-state index contributed by atoms with van der Waals surface area (Å²) in [6.45, 7) is 1.83. The molecule has 1 aliphatic rings. The van der Waals surface area contributed by atoms with E-state index in [1.54, 1.807) is 12.1 Å². The highest BCUT2D eigenvalue weighted by Crippen LogP contribution is 2.32. The molecule has 1 aliphatic heterocycles. The van der Waals surface area contributed by atoms with Crippen molar-refractivity contribution < 1.29 is 14.3 Å². The van der Waals surface area contributed by atoms with Gasteiger partial charge in [0.25, 0.3) is 0 Å². The summed E-state index contributed by atoms with van der Waals surface area (Å²) in [5.41, 5.74) is 1.27. The molecule has 2 rings (SSSR count). The molecule has 1 aromatic rings. The Labute approximate surface area is 117 Å². The Morgan fingerprint density at radius 2 is 2.20 bits per heavy atom. The Hall–Kier alpha value is -2.35. The molecule has 1 fully saturated rings. The smallest absolute Gasteiger partial charge is 0.328 e. The van der Waals surface area contributed by atoms with Crippen LogP contribution >= 0.6 is 0 Å². The van der Waals surface area contributed by atoms with Crippen molar-refractivity contribution in [1.82, 2.24) is 4.90 Å². The van der Waals surface area contributed by atoms with Crippen LogP contribution in [0.2, 0.25) is 0 Å². The summed E-state index contributed by atoms with van der Waals surface area (Å²) in [4.78, 5) is 25.4. The molecule has 1 heterocycles. The number of nitrogens with zero attached hydrogens (tertiary/aromatic N) is 2. The van der Waals surface area contributed by atoms with Gasteiger partial charge >= 0.3 is 5.97 Å². The number of hydrogen-bond acceptors (Lipinski definition) is 4. The molecule has 0 spiro atoms. The quantitative estimate of drug-likeness (QED) is 0.786. The van der Waals surface area contributed by atoms with Gasteiger partial charge in [-0.15, -0.1) is 0 Å². The number of rotatable bonds is 3. The lowest BCUT2D eigenvalue weighted by Crippen LogP contribution is -2.41. The molecule has 20 heavy (non-hydrogen) atoms. The molecular formula is C15H16N2O3. The second-order valence-corrected chi connectivity index (χ2v) is 4.75. The first-order chi connectivity index (χ1) is 9.60. The molecule has 2 unspecified atom stereocenters. The van der Waals surface area contributed by atoms with Crippen LogP contribution in [0.15, 0.2) is 24.3 Å². The Morgan fingerprint density at radius 3 is 2.85 bits per heavy atom. The Kier molecular flexibility index (Phi) is 4.04. The van der Waals surface area contributed by atoms with Gasteiger partial charge in [0.1, 0.15) is 6.04 Å². The van der Waals surface area contributed by atoms with E-state index >= 15 is 0 Å². The van der Waals surface area contributed by atoms with Crippen molar-refractivity contribution in [3.63, 3.8) is 0 Å².